The van der Waals surface area contributed by atoms with E-state index in [1.165, 1.54) is 6.07 Å². The number of ether oxygens (including phenoxy) is 1. The van der Waals surface area contributed by atoms with Crippen LogP contribution in [0, 0.1) is 5.82 Å². The second-order valence-corrected chi connectivity index (χ2v) is 2.58. The molecule has 0 fully saturated rings. The van der Waals surface area contributed by atoms with Crippen molar-refractivity contribution < 1.29 is 28.6 Å². The average Bonchev–Trinajstić information content (AvgIpc) is 2.16. The van der Waals surface area contributed by atoms with Gasteiger partial charge in [0.05, 0.1) is 12.7 Å². The van der Waals surface area contributed by atoms with E-state index in [0.717, 1.165) is 19.2 Å². The molecule has 2 N–H and O–H groups in total. The quantitative estimate of drug-likeness (QED) is 0.545. The van der Waals surface area contributed by atoms with E-state index < -0.39 is 19.1 Å². The van der Waals surface area contributed by atoms with E-state index in [2.05, 4.69) is 9.39 Å². The van der Waals surface area contributed by atoms with Gasteiger partial charge in [0.15, 0.2) is 0 Å². The summed E-state index contributed by atoms with van der Waals surface area (Å²) >= 11 is 0. The molecule has 1 aromatic rings. The van der Waals surface area contributed by atoms with Crippen molar-refractivity contribution in [2.45, 2.75) is 0 Å². The molecular formula is C8H8BFO5. The molecule has 0 amide bonds. The first-order valence-corrected chi connectivity index (χ1v) is 3.95. The molecule has 0 aliphatic heterocycles. The zero-order valence-corrected chi connectivity index (χ0v) is 7.81. The number of methoxy groups -OCH3 is 1. The van der Waals surface area contributed by atoms with Gasteiger partial charge in [0.25, 0.3) is 0 Å². The lowest BCUT2D eigenvalue weighted by atomic mass is 10.2. The summed E-state index contributed by atoms with van der Waals surface area (Å²) in [4.78, 5) is 11.0. The lowest BCUT2D eigenvalue weighted by Gasteiger charge is -2.06. The maximum Gasteiger partial charge on any atom is 0.707 e. The molecule has 0 unspecified atom stereocenters. The van der Waals surface area contributed by atoms with E-state index in [9.17, 15) is 9.18 Å². The smallest absolute Gasteiger partial charge is 0.512 e. The Morgan fingerprint density at radius 1 is 1.47 bits per heavy atom. The van der Waals surface area contributed by atoms with Gasteiger partial charge in [0.1, 0.15) is 11.6 Å². The van der Waals surface area contributed by atoms with E-state index in [0.29, 0.717) is 0 Å². The van der Waals surface area contributed by atoms with Crippen molar-refractivity contribution in [3.05, 3.63) is 29.6 Å². The van der Waals surface area contributed by atoms with Crippen molar-refractivity contribution in [3.8, 4) is 5.75 Å². The largest absolute Gasteiger partial charge is 0.707 e. The van der Waals surface area contributed by atoms with Crippen LogP contribution < -0.4 is 4.65 Å². The minimum atomic E-state index is -2.03. The lowest BCUT2D eigenvalue weighted by molar-refractivity contribution is 0.0595. The number of hydrogen-bond acceptors (Lipinski definition) is 5. The summed E-state index contributed by atoms with van der Waals surface area (Å²) in [7, 11) is -0.905. The monoisotopic (exact) mass is 214 g/mol. The molecule has 0 atom stereocenters. The maximum atomic E-state index is 13.2. The molecule has 0 saturated heterocycles. The first-order valence-electron chi connectivity index (χ1n) is 3.95. The summed E-state index contributed by atoms with van der Waals surface area (Å²) in [5, 5.41) is 16.9. The summed E-state index contributed by atoms with van der Waals surface area (Å²) in [5.41, 5.74) is -0.253. The predicted octanol–water partition coefficient (Wildman–Crippen LogP) is -0.0394. The number of benzene rings is 1. The van der Waals surface area contributed by atoms with Gasteiger partial charge in [-0.3, -0.25) is 0 Å². The lowest BCUT2D eigenvalue weighted by Crippen LogP contribution is -2.20. The van der Waals surface area contributed by atoms with Crippen molar-refractivity contribution in [1.82, 2.24) is 0 Å². The highest BCUT2D eigenvalue weighted by atomic mass is 19.1. The van der Waals surface area contributed by atoms with Crippen LogP contribution in [0.1, 0.15) is 10.4 Å². The van der Waals surface area contributed by atoms with Crippen molar-refractivity contribution in [2.24, 2.45) is 0 Å². The van der Waals surface area contributed by atoms with Crippen LogP contribution in [0.15, 0.2) is 18.2 Å². The number of carbonyl (C=O) groups is 1. The van der Waals surface area contributed by atoms with E-state index in [1.54, 1.807) is 0 Å². The Labute approximate surface area is 85.2 Å². The predicted molar refractivity (Wildman–Crippen MR) is 48.6 cm³/mol. The Kier molecular flexibility index (Phi) is 3.65. The van der Waals surface area contributed by atoms with Crippen molar-refractivity contribution in [2.75, 3.05) is 7.11 Å². The van der Waals surface area contributed by atoms with Crippen LogP contribution in [0.4, 0.5) is 4.39 Å². The normalized spacial score (nSPS) is 9.60. The summed E-state index contributed by atoms with van der Waals surface area (Å²) < 4.78 is 21.9. The first kappa shape index (κ1) is 11.5. The van der Waals surface area contributed by atoms with Crippen LogP contribution in [0.3, 0.4) is 0 Å². The number of rotatable bonds is 3. The minimum absolute atomic E-state index is 0.102. The topological polar surface area (TPSA) is 76.0 Å². The third-order valence-corrected chi connectivity index (χ3v) is 1.59. The summed E-state index contributed by atoms with van der Waals surface area (Å²) in [5.74, 6) is -1.78. The maximum absolute atomic E-state index is 13.2. The molecule has 0 spiro atoms. The molecule has 0 saturated carbocycles. The third kappa shape index (κ3) is 2.93. The summed E-state index contributed by atoms with van der Waals surface area (Å²) in [6.45, 7) is 0. The van der Waals surface area contributed by atoms with Gasteiger partial charge in [0, 0.05) is 6.07 Å². The Bertz CT molecular complexity index is 368. The highest BCUT2D eigenvalue weighted by Crippen LogP contribution is 2.17. The summed E-state index contributed by atoms with van der Waals surface area (Å²) in [6, 6.07) is 3.19. The number of hydrogen-bond donors (Lipinski definition) is 2. The average molecular weight is 214 g/mol. The highest BCUT2D eigenvalue weighted by molar-refractivity contribution is 6.33. The Balaban J connectivity index is 2.93. The molecule has 0 aliphatic carbocycles. The standard InChI is InChI=1S/C8H8BFO5/c1-14-8(11)6-3-2-5(4-7(6)10)15-9(12)13/h2-4,12-13H,1H3. The zero-order chi connectivity index (χ0) is 11.4. The fraction of sp³-hybridized carbons (Fsp3) is 0.125. The Morgan fingerprint density at radius 2 is 2.13 bits per heavy atom. The molecular weight excluding hydrogens is 206 g/mol. The van der Waals surface area contributed by atoms with E-state index in [4.69, 9.17) is 10.0 Å². The second-order valence-electron chi connectivity index (χ2n) is 2.58. The van der Waals surface area contributed by atoms with Gasteiger partial charge >= 0.3 is 13.3 Å². The van der Waals surface area contributed by atoms with Gasteiger partial charge in [-0.1, -0.05) is 0 Å². The molecule has 80 valence electrons. The molecule has 0 heterocycles. The molecule has 0 bridgehead atoms. The molecule has 5 nitrogen and oxygen atoms in total. The SMILES string of the molecule is COC(=O)c1ccc(OB(O)O)cc1F. The van der Waals surface area contributed by atoms with Crippen LogP contribution in [0.25, 0.3) is 0 Å². The van der Waals surface area contributed by atoms with Crippen LogP contribution in [0.5, 0.6) is 5.75 Å². The van der Waals surface area contributed by atoms with E-state index in [1.807, 2.05) is 0 Å². The third-order valence-electron chi connectivity index (χ3n) is 1.59. The van der Waals surface area contributed by atoms with Crippen LogP contribution in [0.2, 0.25) is 0 Å². The first-order chi connectivity index (χ1) is 7.04. The zero-order valence-electron chi connectivity index (χ0n) is 7.81. The van der Waals surface area contributed by atoms with Gasteiger partial charge in [-0.05, 0) is 12.1 Å². The van der Waals surface area contributed by atoms with Crippen LogP contribution in [-0.4, -0.2) is 30.4 Å². The van der Waals surface area contributed by atoms with Gasteiger partial charge in [-0.2, -0.15) is 0 Å². The Morgan fingerprint density at radius 3 is 2.60 bits per heavy atom. The van der Waals surface area contributed by atoms with Gasteiger partial charge in [-0.15, -0.1) is 0 Å². The van der Waals surface area contributed by atoms with Crippen molar-refractivity contribution in [3.63, 3.8) is 0 Å². The van der Waals surface area contributed by atoms with Gasteiger partial charge in [0.2, 0.25) is 0 Å². The minimum Gasteiger partial charge on any atom is -0.512 e. The second kappa shape index (κ2) is 4.76. The molecule has 15 heavy (non-hydrogen) atoms. The van der Waals surface area contributed by atoms with Crippen molar-refractivity contribution in [1.29, 1.82) is 0 Å². The highest BCUT2D eigenvalue weighted by Gasteiger charge is 2.16. The van der Waals surface area contributed by atoms with Crippen LogP contribution >= 0.6 is 0 Å². The molecule has 7 heteroatoms. The number of carbonyl (C=O) groups excluding carboxylic acids is 1. The molecule has 0 aromatic heterocycles. The number of esters is 1. The van der Waals surface area contributed by atoms with E-state index >= 15 is 0 Å². The molecule has 0 aliphatic rings. The van der Waals surface area contributed by atoms with Gasteiger partial charge in [-0.25, -0.2) is 9.18 Å². The fourth-order valence-electron chi connectivity index (χ4n) is 0.966. The van der Waals surface area contributed by atoms with Gasteiger partial charge < -0.3 is 19.4 Å². The molecule has 1 rings (SSSR count). The fourth-order valence-corrected chi connectivity index (χ4v) is 0.966. The van der Waals surface area contributed by atoms with Crippen LogP contribution in [-0.2, 0) is 4.74 Å². The van der Waals surface area contributed by atoms with E-state index in [-0.39, 0.29) is 11.3 Å². The molecule has 1 aromatic carbocycles. The summed E-state index contributed by atoms with van der Waals surface area (Å²) in [6.07, 6.45) is 0. The molecule has 0 radical (unpaired) electrons. The number of halogens is 1. The Hall–Kier alpha value is -1.60. The van der Waals surface area contributed by atoms with Crippen molar-refractivity contribution >= 4 is 13.3 Å².